The lowest BCUT2D eigenvalue weighted by Gasteiger charge is -2.20. The molecule has 2 rings (SSSR count). The van der Waals surface area contributed by atoms with Gasteiger partial charge in [-0.2, -0.15) is 0 Å². The van der Waals surface area contributed by atoms with Gasteiger partial charge in [0.25, 0.3) is 0 Å². The van der Waals surface area contributed by atoms with E-state index in [0.29, 0.717) is 0 Å². The van der Waals surface area contributed by atoms with Gasteiger partial charge in [0.2, 0.25) is 0 Å². The summed E-state index contributed by atoms with van der Waals surface area (Å²) in [7, 11) is 0. The van der Waals surface area contributed by atoms with Crippen LogP contribution in [0.15, 0.2) is 35.3 Å². The number of hydrogen-bond acceptors (Lipinski definition) is 2. The van der Waals surface area contributed by atoms with Crippen LogP contribution in [0, 0.1) is 0 Å². The smallest absolute Gasteiger partial charge is 0.131 e. The summed E-state index contributed by atoms with van der Waals surface area (Å²) in [5, 5.41) is 9.87. The van der Waals surface area contributed by atoms with E-state index < -0.39 is 5.60 Å². The van der Waals surface area contributed by atoms with Gasteiger partial charge in [-0.15, -0.1) is 0 Å². The monoisotopic (exact) mass is 178 g/mol. The summed E-state index contributed by atoms with van der Waals surface area (Å²) in [5.74, 6) is 0.884. The zero-order chi connectivity index (χ0) is 9.47. The van der Waals surface area contributed by atoms with Gasteiger partial charge >= 0.3 is 0 Å². The highest BCUT2D eigenvalue weighted by Gasteiger charge is 2.31. The molecule has 70 valence electrons. The second-order valence-electron chi connectivity index (χ2n) is 4.00. The summed E-state index contributed by atoms with van der Waals surface area (Å²) in [6, 6.07) is 0. The van der Waals surface area contributed by atoms with Gasteiger partial charge in [-0.1, -0.05) is 6.08 Å². The molecule has 1 aliphatic heterocycles. The average Bonchev–Trinajstić information content (AvgIpc) is 2.45. The first kappa shape index (κ1) is 8.57. The third kappa shape index (κ3) is 1.42. The summed E-state index contributed by atoms with van der Waals surface area (Å²) in [4.78, 5) is 0. The van der Waals surface area contributed by atoms with Gasteiger partial charge in [-0.05, 0) is 38.3 Å². The third-order valence-electron chi connectivity index (χ3n) is 2.51. The van der Waals surface area contributed by atoms with Gasteiger partial charge in [0, 0.05) is 5.57 Å². The second kappa shape index (κ2) is 2.74. The number of rotatable bonds is 1. The second-order valence-corrected chi connectivity index (χ2v) is 4.00. The largest absolute Gasteiger partial charge is 0.465 e. The molecular formula is C11H14O2. The van der Waals surface area contributed by atoms with Crippen LogP contribution in [0.3, 0.4) is 0 Å². The molecule has 2 heteroatoms. The lowest BCUT2D eigenvalue weighted by atomic mass is 9.97. The molecule has 0 atom stereocenters. The van der Waals surface area contributed by atoms with Crippen molar-refractivity contribution in [2.75, 3.05) is 0 Å². The molecule has 0 saturated carbocycles. The van der Waals surface area contributed by atoms with Gasteiger partial charge in [-0.3, -0.25) is 0 Å². The molecular weight excluding hydrogens is 164 g/mol. The van der Waals surface area contributed by atoms with E-state index in [2.05, 4.69) is 6.08 Å². The number of fused-ring (bicyclic) bond motifs is 1. The van der Waals surface area contributed by atoms with Crippen molar-refractivity contribution in [1.82, 2.24) is 0 Å². The van der Waals surface area contributed by atoms with E-state index in [0.717, 1.165) is 24.2 Å². The maximum absolute atomic E-state index is 9.87. The van der Waals surface area contributed by atoms with E-state index in [1.54, 1.807) is 20.1 Å². The molecule has 0 saturated heterocycles. The highest BCUT2D eigenvalue weighted by molar-refractivity contribution is 5.44. The molecule has 0 spiro atoms. The third-order valence-corrected chi connectivity index (χ3v) is 2.51. The molecule has 0 unspecified atom stereocenters. The quantitative estimate of drug-likeness (QED) is 0.667. The predicted molar refractivity (Wildman–Crippen MR) is 50.9 cm³/mol. The van der Waals surface area contributed by atoms with E-state index in [-0.39, 0.29) is 0 Å². The van der Waals surface area contributed by atoms with Crippen molar-refractivity contribution in [3.63, 3.8) is 0 Å². The van der Waals surface area contributed by atoms with E-state index in [1.807, 2.05) is 6.08 Å². The Balaban J connectivity index is 2.41. The minimum Gasteiger partial charge on any atom is -0.465 e. The Morgan fingerprint density at radius 3 is 2.85 bits per heavy atom. The standard InChI is InChI=1S/C11H14O2/c1-11(2,12)9-6-5-8-4-3-7-13-10(8)9/h3-4,7,12H,5-6H2,1-2H3. The lowest BCUT2D eigenvalue weighted by Crippen LogP contribution is -2.22. The SMILES string of the molecule is CC(C)(O)C1=C2OC=CC=C2CC1. The van der Waals surface area contributed by atoms with Crippen molar-refractivity contribution in [3.05, 3.63) is 35.3 Å². The molecule has 0 fully saturated rings. The highest BCUT2D eigenvalue weighted by Crippen LogP contribution is 2.39. The summed E-state index contributed by atoms with van der Waals surface area (Å²) < 4.78 is 5.41. The van der Waals surface area contributed by atoms with E-state index >= 15 is 0 Å². The van der Waals surface area contributed by atoms with Crippen molar-refractivity contribution in [2.45, 2.75) is 32.3 Å². The maximum Gasteiger partial charge on any atom is 0.131 e. The predicted octanol–water partition coefficient (Wildman–Crippen LogP) is 2.28. The molecule has 1 N–H and O–H groups in total. The molecule has 0 aromatic heterocycles. The fourth-order valence-electron chi connectivity index (χ4n) is 1.83. The Labute approximate surface area is 78.2 Å². The molecule has 1 aliphatic carbocycles. The molecule has 1 heterocycles. The molecule has 0 amide bonds. The normalized spacial score (nSPS) is 21.3. The van der Waals surface area contributed by atoms with E-state index in [9.17, 15) is 5.11 Å². The Bertz CT molecular complexity index is 313. The van der Waals surface area contributed by atoms with Crippen molar-refractivity contribution in [1.29, 1.82) is 0 Å². The van der Waals surface area contributed by atoms with E-state index in [4.69, 9.17) is 4.74 Å². The molecule has 2 aliphatic rings. The summed E-state index contributed by atoms with van der Waals surface area (Å²) in [6.07, 6.45) is 7.50. The zero-order valence-corrected chi connectivity index (χ0v) is 8.00. The van der Waals surface area contributed by atoms with Crippen LogP contribution in [-0.2, 0) is 4.74 Å². The van der Waals surface area contributed by atoms with Crippen LogP contribution < -0.4 is 0 Å². The fraction of sp³-hybridized carbons (Fsp3) is 0.455. The number of aliphatic hydroxyl groups is 1. The minimum absolute atomic E-state index is 0.754. The molecule has 2 nitrogen and oxygen atoms in total. The lowest BCUT2D eigenvalue weighted by molar-refractivity contribution is 0.112. The molecule has 0 radical (unpaired) electrons. The number of allylic oxidation sites excluding steroid dienone is 3. The average molecular weight is 178 g/mol. The Hall–Kier alpha value is -1.02. The first-order chi connectivity index (χ1) is 6.09. The summed E-state index contributed by atoms with van der Waals surface area (Å²) >= 11 is 0. The Kier molecular flexibility index (Phi) is 1.81. The van der Waals surface area contributed by atoms with Gasteiger partial charge < -0.3 is 9.84 Å². The topological polar surface area (TPSA) is 29.5 Å². The van der Waals surface area contributed by atoms with Crippen LogP contribution in [0.5, 0.6) is 0 Å². The summed E-state index contributed by atoms with van der Waals surface area (Å²) in [6.45, 7) is 3.61. The van der Waals surface area contributed by atoms with Gasteiger partial charge in [0.15, 0.2) is 0 Å². The Morgan fingerprint density at radius 1 is 1.38 bits per heavy atom. The molecule has 0 aromatic carbocycles. The first-order valence-corrected chi connectivity index (χ1v) is 4.58. The van der Waals surface area contributed by atoms with Crippen LogP contribution in [-0.4, -0.2) is 10.7 Å². The molecule has 0 bridgehead atoms. The molecule has 0 aromatic rings. The minimum atomic E-state index is -0.754. The van der Waals surface area contributed by atoms with Crippen molar-refractivity contribution < 1.29 is 9.84 Å². The zero-order valence-electron chi connectivity index (χ0n) is 8.00. The van der Waals surface area contributed by atoms with Gasteiger partial charge in [0.05, 0.1) is 11.9 Å². The van der Waals surface area contributed by atoms with Crippen molar-refractivity contribution >= 4 is 0 Å². The van der Waals surface area contributed by atoms with Crippen LogP contribution in [0.1, 0.15) is 26.7 Å². The summed E-state index contributed by atoms with van der Waals surface area (Å²) in [5.41, 5.74) is 1.47. The van der Waals surface area contributed by atoms with Crippen LogP contribution in [0.4, 0.5) is 0 Å². The fourth-order valence-corrected chi connectivity index (χ4v) is 1.83. The van der Waals surface area contributed by atoms with Gasteiger partial charge in [-0.25, -0.2) is 0 Å². The van der Waals surface area contributed by atoms with Crippen LogP contribution >= 0.6 is 0 Å². The Morgan fingerprint density at radius 2 is 2.15 bits per heavy atom. The number of hydrogen-bond donors (Lipinski definition) is 1. The molecule has 13 heavy (non-hydrogen) atoms. The van der Waals surface area contributed by atoms with Crippen LogP contribution in [0.2, 0.25) is 0 Å². The van der Waals surface area contributed by atoms with Crippen molar-refractivity contribution in [2.24, 2.45) is 0 Å². The maximum atomic E-state index is 9.87. The first-order valence-electron chi connectivity index (χ1n) is 4.58. The highest BCUT2D eigenvalue weighted by atomic mass is 16.5. The number of ether oxygens (including phenoxy) is 1. The van der Waals surface area contributed by atoms with Crippen LogP contribution in [0.25, 0.3) is 0 Å². The van der Waals surface area contributed by atoms with Crippen molar-refractivity contribution in [3.8, 4) is 0 Å². The van der Waals surface area contributed by atoms with Gasteiger partial charge in [0.1, 0.15) is 5.76 Å². The van der Waals surface area contributed by atoms with E-state index in [1.165, 1.54) is 5.57 Å².